The molecule has 0 aliphatic heterocycles. The number of amides is 1. The third-order valence-corrected chi connectivity index (χ3v) is 4.86. The van der Waals surface area contributed by atoms with E-state index in [1.807, 2.05) is 37.3 Å². The molecule has 0 unspecified atom stereocenters. The van der Waals surface area contributed by atoms with Crippen molar-refractivity contribution < 1.29 is 9.42 Å². The number of carbonyl (C=O) groups excluding carboxylic acids is 1. The lowest BCUT2D eigenvalue weighted by molar-refractivity contribution is -0.111. The van der Waals surface area contributed by atoms with Crippen LogP contribution in [-0.4, -0.2) is 16.2 Å². The van der Waals surface area contributed by atoms with Gasteiger partial charge in [-0.2, -0.15) is 0 Å². The molecule has 5 nitrogen and oxygen atoms in total. The summed E-state index contributed by atoms with van der Waals surface area (Å²) in [5, 5.41) is 10.6. The van der Waals surface area contributed by atoms with E-state index in [0.29, 0.717) is 11.5 Å². The van der Waals surface area contributed by atoms with Crippen LogP contribution in [-0.2, 0) is 17.6 Å². The van der Waals surface area contributed by atoms with E-state index in [2.05, 4.69) is 27.8 Å². The predicted octanol–water partition coefficient (Wildman–Crippen LogP) is 4.58. The second-order valence-corrected chi connectivity index (χ2v) is 6.89. The molecule has 3 aromatic rings. The van der Waals surface area contributed by atoms with Crippen molar-refractivity contribution in [1.82, 2.24) is 10.3 Å². The molecule has 136 valence electrons. The Bertz CT molecular complexity index is 987. The number of nitrogens with one attached hydrogen (secondary N) is 1. The van der Waals surface area contributed by atoms with Crippen LogP contribution in [0.5, 0.6) is 0 Å². The van der Waals surface area contributed by atoms with E-state index in [0.717, 1.165) is 24.0 Å². The van der Waals surface area contributed by atoms with Crippen LogP contribution in [0.4, 0.5) is 5.82 Å². The molecule has 0 atom stereocenters. The first-order chi connectivity index (χ1) is 13.2. The van der Waals surface area contributed by atoms with Gasteiger partial charge >= 0.3 is 0 Å². The van der Waals surface area contributed by atoms with Crippen molar-refractivity contribution in [3.63, 3.8) is 0 Å². The maximum atomic E-state index is 12.3. The summed E-state index contributed by atoms with van der Waals surface area (Å²) in [6.07, 6.45) is 7.90. The summed E-state index contributed by atoms with van der Waals surface area (Å²) in [4.78, 5) is 12.3. The topological polar surface area (TPSA) is 68.0 Å². The summed E-state index contributed by atoms with van der Waals surface area (Å²) >= 11 is 0. The minimum atomic E-state index is -0.273. The van der Waals surface area contributed by atoms with Crippen LogP contribution < -0.4 is 5.32 Å². The second kappa shape index (κ2) is 7.58. The molecule has 4 rings (SSSR count). The zero-order valence-electron chi connectivity index (χ0n) is 15.2. The predicted molar refractivity (Wildman–Crippen MR) is 105 cm³/mol. The van der Waals surface area contributed by atoms with E-state index >= 15 is 0 Å². The van der Waals surface area contributed by atoms with Crippen LogP contribution in [0.25, 0.3) is 17.3 Å². The average molecular weight is 359 g/mol. The zero-order valence-corrected chi connectivity index (χ0v) is 15.2. The molecular weight excluding hydrogens is 338 g/mol. The summed E-state index contributed by atoms with van der Waals surface area (Å²) in [5.74, 6) is 0.0646. The Balaban J connectivity index is 1.50. The second-order valence-electron chi connectivity index (χ2n) is 6.89. The third kappa shape index (κ3) is 3.97. The highest BCUT2D eigenvalue weighted by Crippen LogP contribution is 2.29. The number of benzene rings is 2. The van der Waals surface area contributed by atoms with Gasteiger partial charge in [0.2, 0.25) is 11.7 Å². The Morgan fingerprint density at radius 1 is 1.04 bits per heavy atom. The van der Waals surface area contributed by atoms with Gasteiger partial charge < -0.3 is 5.32 Å². The van der Waals surface area contributed by atoms with E-state index < -0.39 is 0 Å². The lowest BCUT2D eigenvalue weighted by atomic mass is 9.90. The van der Waals surface area contributed by atoms with E-state index in [9.17, 15) is 4.79 Å². The number of aryl methyl sites for hydroxylation is 3. The molecular formula is C22H21N3O2. The SMILES string of the molecule is Cc1ccc(/C=C/C(=O)Nc2nonc2-c2ccc3c(c2)CCCC3)cc1. The molecule has 0 fully saturated rings. The fourth-order valence-electron chi connectivity index (χ4n) is 3.35. The Hall–Kier alpha value is -3.21. The molecule has 0 saturated carbocycles. The number of carbonyl (C=O) groups is 1. The van der Waals surface area contributed by atoms with Gasteiger partial charge in [0.1, 0.15) is 0 Å². The molecule has 2 aromatic carbocycles. The van der Waals surface area contributed by atoms with Gasteiger partial charge in [0, 0.05) is 11.6 Å². The highest BCUT2D eigenvalue weighted by atomic mass is 16.6. The van der Waals surface area contributed by atoms with Crippen LogP contribution in [0.15, 0.2) is 53.2 Å². The monoisotopic (exact) mass is 359 g/mol. The lowest BCUT2D eigenvalue weighted by Crippen LogP contribution is -2.09. The summed E-state index contributed by atoms with van der Waals surface area (Å²) in [7, 11) is 0. The van der Waals surface area contributed by atoms with Crippen molar-refractivity contribution in [2.75, 3.05) is 5.32 Å². The van der Waals surface area contributed by atoms with Crippen molar-refractivity contribution in [2.24, 2.45) is 0 Å². The third-order valence-electron chi connectivity index (χ3n) is 4.86. The van der Waals surface area contributed by atoms with Crippen LogP contribution in [0.3, 0.4) is 0 Å². The van der Waals surface area contributed by atoms with E-state index in [-0.39, 0.29) is 5.91 Å². The Morgan fingerprint density at radius 2 is 1.81 bits per heavy atom. The first kappa shape index (κ1) is 17.2. The standard InChI is InChI=1S/C22H21N3O2/c1-15-6-8-16(9-7-15)10-13-20(26)23-22-21(24-27-25-22)19-12-11-17-4-2-3-5-18(17)14-19/h6-14H,2-5H2,1H3,(H,23,25,26)/b13-10+. The first-order valence-corrected chi connectivity index (χ1v) is 9.19. The molecule has 1 amide bonds. The Labute approximate surface area is 158 Å². The Kier molecular flexibility index (Phi) is 4.83. The van der Waals surface area contributed by atoms with Gasteiger partial charge in [-0.05, 0) is 71.8 Å². The Morgan fingerprint density at radius 3 is 2.63 bits per heavy atom. The van der Waals surface area contributed by atoms with Gasteiger partial charge in [0.25, 0.3) is 0 Å². The number of nitrogens with zero attached hydrogens (tertiary/aromatic N) is 2. The molecule has 5 heteroatoms. The van der Waals surface area contributed by atoms with Crippen molar-refractivity contribution in [3.05, 3.63) is 70.8 Å². The van der Waals surface area contributed by atoms with E-state index in [1.54, 1.807) is 6.08 Å². The van der Waals surface area contributed by atoms with Crippen molar-refractivity contribution >= 4 is 17.8 Å². The number of rotatable bonds is 4. The molecule has 1 aromatic heterocycles. The minimum absolute atomic E-state index is 0.273. The fourth-order valence-corrected chi connectivity index (χ4v) is 3.35. The van der Waals surface area contributed by atoms with Gasteiger partial charge in [-0.25, -0.2) is 4.63 Å². The molecule has 0 radical (unpaired) electrons. The molecule has 0 spiro atoms. The van der Waals surface area contributed by atoms with E-state index in [4.69, 9.17) is 4.63 Å². The van der Waals surface area contributed by atoms with Crippen molar-refractivity contribution in [1.29, 1.82) is 0 Å². The molecule has 1 aliphatic rings. The van der Waals surface area contributed by atoms with Gasteiger partial charge in [0.05, 0.1) is 0 Å². The van der Waals surface area contributed by atoms with Gasteiger partial charge in [0.15, 0.2) is 5.69 Å². The molecule has 1 N–H and O–H groups in total. The van der Waals surface area contributed by atoms with E-state index in [1.165, 1.54) is 35.6 Å². The van der Waals surface area contributed by atoms with Crippen molar-refractivity contribution in [3.8, 4) is 11.3 Å². The smallest absolute Gasteiger partial charge is 0.249 e. The lowest BCUT2D eigenvalue weighted by Gasteiger charge is -2.16. The first-order valence-electron chi connectivity index (χ1n) is 9.19. The van der Waals surface area contributed by atoms with Crippen LogP contribution >= 0.6 is 0 Å². The van der Waals surface area contributed by atoms with Gasteiger partial charge in [-0.3, -0.25) is 4.79 Å². The number of aromatic nitrogens is 2. The largest absolute Gasteiger partial charge is 0.302 e. The number of fused-ring (bicyclic) bond motifs is 1. The normalized spacial score (nSPS) is 13.5. The summed E-state index contributed by atoms with van der Waals surface area (Å²) < 4.78 is 4.88. The summed E-state index contributed by atoms with van der Waals surface area (Å²) in [6.45, 7) is 2.03. The zero-order chi connectivity index (χ0) is 18.6. The minimum Gasteiger partial charge on any atom is -0.302 e. The molecule has 1 heterocycles. The van der Waals surface area contributed by atoms with Gasteiger partial charge in [-0.1, -0.05) is 42.0 Å². The molecule has 27 heavy (non-hydrogen) atoms. The van der Waals surface area contributed by atoms with Gasteiger partial charge in [-0.15, -0.1) is 0 Å². The summed E-state index contributed by atoms with van der Waals surface area (Å²) in [5.41, 5.74) is 6.35. The van der Waals surface area contributed by atoms with Crippen LogP contribution in [0.2, 0.25) is 0 Å². The molecule has 0 saturated heterocycles. The number of hydrogen-bond donors (Lipinski definition) is 1. The highest BCUT2D eigenvalue weighted by molar-refractivity contribution is 6.03. The highest BCUT2D eigenvalue weighted by Gasteiger charge is 2.17. The molecule has 1 aliphatic carbocycles. The fraction of sp³-hybridized carbons (Fsp3) is 0.227. The van der Waals surface area contributed by atoms with Crippen LogP contribution in [0.1, 0.15) is 35.1 Å². The number of hydrogen-bond acceptors (Lipinski definition) is 4. The maximum absolute atomic E-state index is 12.3. The van der Waals surface area contributed by atoms with Crippen molar-refractivity contribution in [2.45, 2.75) is 32.6 Å². The quantitative estimate of drug-likeness (QED) is 0.693. The maximum Gasteiger partial charge on any atom is 0.249 e. The average Bonchev–Trinajstić information content (AvgIpc) is 3.15. The van der Waals surface area contributed by atoms with Crippen LogP contribution in [0, 0.1) is 6.92 Å². The summed E-state index contributed by atoms with van der Waals surface area (Å²) in [6, 6.07) is 14.2. The number of anilines is 1. The molecule has 0 bridgehead atoms.